The summed E-state index contributed by atoms with van der Waals surface area (Å²) in [7, 11) is 0. The summed E-state index contributed by atoms with van der Waals surface area (Å²) in [6.07, 6.45) is 0. The van der Waals surface area contributed by atoms with E-state index in [4.69, 9.17) is 14.3 Å². The predicted molar refractivity (Wildman–Crippen MR) is 167 cm³/mol. The van der Waals surface area contributed by atoms with Crippen molar-refractivity contribution in [1.29, 1.82) is 0 Å². The van der Waals surface area contributed by atoms with Gasteiger partial charge in [-0.05, 0) is 50.9 Å². The first-order valence-electron chi connectivity index (χ1n) is 17.0. The maximum atomic E-state index is 9.32. The average molecular weight is 519 g/mol. The fourth-order valence-corrected chi connectivity index (χ4v) is 6.04. The van der Waals surface area contributed by atoms with Crippen LogP contribution in [0.15, 0.2) is 142 Å². The predicted octanol–water partition coefficient (Wildman–Crippen LogP) is 11.1. The summed E-state index contributed by atoms with van der Waals surface area (Å²) in [5.74, 6) is 0. The van der Waals surface area contributed by atoms with Crippen molar-refractivity contribution in [2.45, 2.75) is 0 Å². The molecule has 0 saturated heterocycles. The van der Waals surface area contributed by atoms with Gasteiger partial charge >= 0.3 is 0 Å². The third kappa shape index (κ3) is 2.88. The van der Waals surface area contributed by atoms with E-state index in [9.17, 15) is 5.48 Å². The van der Waals surface area contributed by atoms with E-state index in [-0.39, 0.29) is 51.3 Å². The maximum Gasteiger partial charge on any atom is 0.147 e. The van der Waals surface area contributed by atoms with Gasteiger partial charge in [-0.1, -0.05) is 115 Å². The number of hydrogen-bond acceptors (Lipinski definition) is 2. The number of hydrogen-bond donors (Lipinski definition) is 0. The van der Waals surface area contributed by atoms with Gasteiger partial charge in [0.2, 0.25) is 0 Å². The van der Waals surface area contributed by atoms with Gasteiger partial charge in [0.05, 0.1) is 16.4 Å². The monoisotopic (exact) mass is 518 g/mol. The lowest BCUT2D eigenvalue weighted by Crippen LogP contribution is -1.91. The van der Waals surface area contributed by atoms with Crippen molar-refractivity contribution in [2.24, 2.45) is 0 Å². The van der Waals surface area contributed by atoms with Gasteiger partial charge < -0.3 is 8.83 Å². The lowest BCUT2D eigenvalue weighted by atomic mass is 9.85. The van der Waals surface area contributed by atoms with Gasteiger partial charge in [-0.2, -0.15) is 0 Å². The average Bonchev–Trinajstić information content (AvgIpc) is 3.69. The fraction of sp³-hybridized carbons (Fsp3) is 0. The van der Waals surface area contributed by atoms with E-state index in [1.54, 1.807) is 24.3 Å². The first-order chi connectivity index (χ1) is 23.2. The first-order valence-corrected chi connectivity index (χ1v) is 13.0. The molecule has 0 amide bonds. The third-order valence-electron chi connectivity index (χ3n) is 7.70. The van der Waals surface area contributed by atoms with Crippen molar-refractivity contribution in [2.75, 3.05) is 0 Å². The molecule has 0 aliphatic heterocycles. The molecule has 40 heavy (non-hydrogen) atoms. The molecule has 186 valence electrons. The number of fused-ring (bicyclic) bond motifs is 9. The van der Waals surface area contributed by atoms with E-state index in [0.29, 0.717) is 44.4 Å². The van der Waals surface area contributed by atoms with Crippen LogP contribution < -0.4 is 0 Å². The normalized spacial score (nSPS) is 14.8. The molecule has 7 aromatic carbocycles. The molecule has 2 heteroatoms. The van der Waals surface area contributed by atoms with Crippen molar-refractivity contribution < 1.29 is 19.8 Å². The Labute approximate surface area is 240 Å². The zero-order valence-electron chi connectivity index (χ0n) is 28.9. The largest absolute Gasteiger partial charge is 0.455 e. The highest BCUT2D eigenvalue weighted by atomic mass is 16.3. The fourth-order valence-electron chi connectivity index (χ4n) is 6.04. The second-order valence-corrected chi connectivity index (χ2v) is 9.82. The molecule has 0 aliphatic rings. The molecule has 9 rings (SSSR count). The highest BCUT2D eigenvalue weighted by Gasteiger charge is 2.24. The molecule has 0 fully saturated rings. The number of benzene rings is 7. The van der Waals surface area contributed by atoms with E-state index >= 15 is 0 Å². The number of para-hydroxylation sites is 2. The van der Waals surface area contributed by atoms with Crippen LogP contribution in [-0.2, 0) is 0 Å². The summed E-state index contributed by atoms with van der Waals surface area (Å²) < 4.78 is 84.9. The van der Waals surface area contributed by atoms with E-state index in [0.717, 1.165) is 16.2 Å². The maximum absolute atomic E-state index is 9.32. The number of furan rings is 2. The molecular weight excluding hydrogens is 488 g/mol. The highest BCUT2D eigenvalue weighted by Crippen LogP contribution is 2.49. The summed E-state index contributed by atoms with van der Waals surface area (Å²) in [6.45, 7) is 0. The summed E-state index contributed by atoms with van der Waals surface area (Å²) in [4.78, 5) is 0. The second-order valence-electron chi connectivity index (χ2n) is 9.82. The Kier molecular flexibility index (Phi) is 3.09. The van der Waals surface area contributed by atoms with Crippen LogP contribution in [-0.4, -0.2) is 0 Å². The van der Waals surface area contributed by atoms with Gasteiger partial charge in [-0.15, -0.1) is 0 Å². The summed E-state index contributed by atoms with van der Waals surface area (Å²) >= 11 is 0. The van der Waals surface area contributed by atoms with E-state index < -0.39 is 24.2 Å². The zero-order chi connectivity index (χ0) is 33.2. The van der Waals surface area contributed by atoms with Gasteiger partial charge in [0.15, 0.2) is 0 Å². The minimum absolute atomic E-state index is 0.131. The van der Waals surface area contributed by atoms with Crippen LogP contribution >= 0.6 is 0 Å². The summed E-state index contributed by atoms with van der Waals surface area (Å²) in [6, 6.07) is 22.8. The number of rotatable bonds is 2. The van der Waals surface area contributed by atoms with Crippen molar-refractivity contribution in [3.05, 3.63) is 133 Å². The lowest BCUT2D eigenvalue weighted by Gasteiger charge is -2.18. The Balaban J connectivity index is 1.66. The van der Waals surface area contributed by atoms with Crippen molar-refractivity contribution >= 4 is 65.4 Å². The van der Waals surface area contributed by atoms with Crippen molar-refractivity contribution in [3.63, 3.8) is 0 Å². The van der Waals surface area contributed by atoms with E-state index in [2.05, 4.69) is 0 Å². The molecule has 0 atom stereocenters. The van der Waals surface area contributed by atoms with Crippen LogP contribution in [0.25, 0.3) is 87.7 Å². The molecule has 0 spiro atoms. The Morgan fingerprint density at radius 2 is 0.975 bits per heavy atom. The zero-order valence-corrected chi connectivity index (χ0v) is 20.9. The van der Waals surface area contributed by atoms with Crippen LogP contribution in [0.1, 0.15) is 11.0 Å². The van der Waals surface area contributed by atoms with E-state index in [1.165, 1.54) is 0 Å². The standard InChI is InChI=1S/C38H22O2/c1-2-12-23(13-3-1)34-25-15-4-6-17-27(25)35(28-18-7-5-16-26(28)34)31-22-30-24-14-8-10-20-32(24)39-37(30)36-29-19-9-11-21-33(29)40-38(31)36/h1-22H/i4D,5D,6D,7D,15D,16D,17D,18D. The minimum Gasteiger partial charge on any atom is -0.455 e. The van der Waals surface area contributed by atoms with Gasteiger partial charge in [-0.3, -0.25) is 0 Å². The van der Waals surface area contributed by atoms with Gasteiger partial charge in [0, 0.05) is 27.3 Å². The molecule has 9 aromatic rings. The molecule has 0 unspecified atom stereocenters. The Hall–Kier alpha value is -5.34. The molecule has 2 heterocycles. The quantitative estimate of drug-likeness (QED) is 0.213. The smallest absolute Gasteiger partial charge is 0.147 e. The molecule has 0 aliphatic carbocycles. The topological polar surface area (TPSA) is 26.3 Å². The second kappa shape index (κ2) is 8.08. The first kappa shape index (κ1) is 15.3. The third-order valence-corrected chi connectivity index (χ3v) is 7.70. The van der Waals surface area contributed by atoms with Crippen LogP contribution in [0.2, 0.25) is 0 Å². The van der Waals surface area contributed by atoms with Crippen molar-refractivity contribution in [3.8, 4) is 22.3 Å². The molecule has 0 radical (unpaired) electrons. The van der Waals surface area contributed by atoms with Crippen LogP contribution in [0, 0.1) is 0 Å². The molecule has 2 aromatic heterocycles. The summed E-state index contributed by atoms with van der Waals surface area (Å²) in [5.41, 5.74) is 3.68. The molecule has 0 saturated carbocycles. The highest BCUT2D eigenvalue weighted by molar-refractivity contribution is 6.29. The van der Waals surface area contributed by atoms with Gasteiger partial charge in [0.1, 0.15) is 22.3 Å². The van der Waals surface area contributed by atoms with Crippen LogP contribution in [0.4, 0.5) is 0 Å². The summed E-state index contributed by atoms with van der Waals surface area (Å²) in [5, 5.41) is 3.55. The van der Waals surface area contributed by atoms with Crippen LogP contribution in [0.5, 0.6) is 0 Å². The van der Waals surface area contributed by atoms with Gasteiger partial charge in [0.25, 0.3) is 0 Å². The Morgan fingerprint density at radius 1 is 0.450 bits per heavy atom. The Bertz CT molecular complexity index is 2790. The Morgan fingerprint density at radius 3 is 1.65 bits per heavy atom. The molecule has 0 N–H and O–H groups in total. The SMILES string of the molecule is [2H]c1c([2H])c([2H])c2c(-c3cc4c5ccccc5oc4c4c3oc3ccccc34)c3c([2H])c([2H])c([2H])c([2H])c3c(-c3ccccc3)c2c1[2H]. The van der Waals surface area contributed by atoms with E-state index in [1.807, 2.05) is 60.7 Å². The molecular formula is C38H22O2. The lowest BCUT2D eigenvalue weighted by molar-refractivity contribution is 0.663. The molecule has 0 bridgehead atoms. The van der Waals surface area contributed by atoms with Gasteiger partial charge in [-0.25, -0.2) is 0 Å². The molecule has 2 nitrogen and oxygen atoms in total. The van der Waals surface area contributed by atoms with Crippen molar-refractivity contribution in [1.82, 2.24) is 0 Å². The minimum atomic E-state index is -0.455. The van der Waals surface area contributed by atoms with Crippen LogP contribution in [0.3, 0.4) is 0 Å².